The quantitative estimate of drug-likeness (QED) is 0.907. The zero-order valence-electron chi connectivity index (χ0n) is 11.1. The fraction of sp³-hybridized carbons (Fsp3) is 0.286. The molecule has 2 aromatic heterocycles. The van der Waals surface area contributed by atoms with E-state index in [9.17, 15) is 4.79 Å². The summed E-state index contributed by atoms with van der Waals surface area (Å²) in [7, 11) is 1.72. The Balaban J connectivity index is 2.05. The molecule has 2 N–H and O–H groups in total. The standard InChI is InChI=1S/C14H17N3O2/c1-10-3-5-12(19-10)9-17(2)14(18)13-6-4-11(7-15)8-16-13/h3-6,8H,7,9,15H2,1-2H3. The number of amides is 1. The van der Waals surface area contributed by atoms with E-state index < -0.39 is 0 Å². The SMILES string of the molecule is Cc1ccc(CN(C)C(=O)c2ccc(CN)cn2)o1. The number of carbonyl (C=O) groups is 1. The van der Waals surface area contributed by atoms with E-state index in [1.165, 1.54) is 0 Å². The van der Waals surface area contributed by atoms with Gasteiger partial charge in [-0.05, 0) is 30.7 Å². The minimum atomic E-state index is -0.141. The maximum Gasteiger partial charge on any atom is 0.272 e. The smallest absolute Gasteiger partial charge is 0.272 e. The molecular weight excluding hydrogens is 242 g/mol. The molecule has 5 heteroatoms. The van der Waals surface area contributed by atoms with Crippen LogP contribution in [0.25, 0.3) is 0 Å². The Kier molecular flexibility index (Phi) is 3.97. The van der Waals surface area contributed by atoms with Gasteiger partial charge in [-0.2, -0.15) is 0 Å². The summed E-state index contributed by atoms with van der Waals surface area (Å²) in [4.78, 5) is 17.8. The Morgan fingerprint density at radius 3 is 2.68 bits per heavy atom. The van der Waals surface area contributed by atoms with Crippen LogP contribution in [0.3, 0.4) is 0 Å². The lowest BCUT2D eigenvalue weighted by Crippen LogP contribution is -2.26. The van der Waals surface area contributed by atoms with Gasteiger partial charge in [-0.25, -0.2) is 0 Å². The van der Waals surface area contributed by atoms with E-state index in [0.29, 0.717) is 18.8 Å². The molecule has 2 heterocycles. The average Bonchev–Trinajstić information content (AvgIpc) is 2.83. The van der Waals surface area contributed by atoms with Crippen LogP contribution in [0.5, 0.6) is 0 Å². The number of pyridine rings is 1. The van der Waals surface area contributed by atoms with Gasteiger partial charge in [0.05, 0.1) is 6.54 Å². The van der Waals surface area contributed by atoms with E-state index in [4.69, 9.17) is 10.2 Å². The highest BCUT2D eigenvalue weighted by atomic mass is 16.3. The van der Waals surface area contributed by atoms with E-state index in [2.05, 4.69) is 4.98 Å². The summed E-state index contributed by atoms with van der Waals surface area (Å²) >= 11 is 0. The van der Waals surface area contributed by atoms with E-state index >= 15 is 0 Å². The fourth-order valence-electron chi connectivity index (χ4n) is 1.74. The second-order valence-electron chi connectivity index (χ2n) is 4.43. The predicted molar refractivity (Wildman–Crippen MR) is 71.4 cm³/mol. The van der Waals surface area contributed by atoms with Crippen LogP contribution in [-0.2, 0) is 13.1 Å². The molecule has 0 bridgehead atoms. The molecule has 0 unspecified atom stereocenters. The van der Waals surface area contributed by atoms with E-state index in [1.807, 2.05) is 25.1 Å². The van der Waals surface area contributed by atoms with Gasteiger partial charge >= 0.3 is 0 Å². The highest BCUT2D eigenvalue weighted by molar-refractivity contribution is 5.92. The summed E-state index contributed by atoms with van der Waals surface area (Å²) in [5, 5.41) is 0. The third kappa shape index (κ3) is 3.20. The summed E-state index contributed by atoms with van der Waals surface area (Å²) in [6, 6.07) is 7.24. The van der Waals surface area contributed by atoms with Crippen molar-refractivity contribution in [2.45, 2.75) is 20.0 Å². The fourth-order valence-corrected chi connectivity index (χ4v) is 1.74. The second kappa shape index (κ2) is 5.67. The molecule has 0 aliphatic rings. The molecule has 0 spiro atoms. The van der Waals surface area contributed by atoms with Crippen molar-refractivity contribution in [1.29, 1.82) is 0 Å². The van der Waals surface area contributed by atoms with Crippen LogP contribution in [0.2, 0.25) is 0 Å². The van der Waals surface area contributed by atoms with Crippen molar-refractivity contribution in [3.05, 3.63) is 53.2 Å². The summed E-state index contributed by atoms with van der Waals surface area (Å²) in [6.07, 6.45) is 1.62. The van der Waals surface area contributed by atoms with Gasteiger partial charge in [0, 0.05) is 19.8 Å². The number of aromatic nitrogens is 1. The summed E-state index contributed by atoms with van der Waals surface area (Å²) < 4.78 is 5.45. The normalized spacial score (nSPS) is 10.5. The van der Waals surface area contributed by atoms with Gasteiger partial charge in [-0.15, -0.1) is 0 Å². The topological polar surface area (TPSA) is 72.4 Å². The molecule has 0 fully saturated rings. The lowest BCUT2D eigenvalue weighted by atomic mass is 10.2. The minimum Gasteiger partial charge on any atom is -0.464 e. The summed E-state index contributed by atoms with van der Waals surface area (Å²) in [5.74, 6) is 1.45. The lowest BCUT2D eigenvalue weighted by Gasteiger charge is -2.15. The van der Waals surface area contributed by atoms with Gasteiger partial charge in [0.15, 0.2) is 0 Å². The maximum atomic E-state index is 12.1. The minimum absolute atomic E-state index is 0.141. The van der Waals surface area contributed by atoms with Crippen molar-refractivity contribution in [2.24, 2.45) is 5.73 Å². The van der Waals surface area contributed by atoms with Gasteiger partial charge < -0.3 is 15.1 Å². The first-order valence-corrected chi connectivity index (χ1v) is 6.06. The molecule has 19 heavy (non-hydrogen) atoms. The summed E-state index contributed by atoms with van der Waals surface area (Å²) in [6.45, 7) is 2.72. The number of hydrogen-bond acceptors (Lipinski definition) is 4. The third-order valence-electron chi connectivity index (χ3n) is 2.82. The number of furan rings is 1. The molecule has 0 saturated carbocycles. The van der Waals surface area contributed by atoms with Gasteiger partial charge in [-0.1, -0.05) is 6.07 Å². The van der Waals surface area contributed by atoms with Gasteiger partial charge in [0.2, 0.25) is 0 Å². The first-order valence-electron chi connectivity index (χ1n) is 6.06. The van der Waals surface area contributed by atoms with Gasteiger partial charge in [0.25, 0.3) is 5.91 Å². The summed E-state index contributed by atoms with van der Waals surface area (Å²) in [5.41, 5.74) is 6.80. The Morgan fingerprint density at radius 2 is 2.16 bits per heavy atom. The Hall–Kier alpha value is -2.14. The molecule has 0 atom stereocenters. The van der Waals surface area contributed by atoms with Crippen LogP contribution < -0.4 is 5.73 Å². The van der Waals surface area contributed by atoms with Gasteiger partial charge in [0.1, 0.15) is 17.2 Å². The molecule has 0 saturated heterocycles. The molecule has 0 aliphatic carbocycles. The van der Waals surface area contributed by atoms with Crippen molar-refractivity contribution in [3.63, 3.8) is 0 Å². The van der Waals surface area contributed by atoms with Crippen LogP contribution in [0, 0.1) is 6.92 Å². The molecule has 0 radical (unpaired) electrons. The molecule has 0 aliphatic heterocycles. The van der Waals surface area contributed by atoms with Crippen LogP contribution in [0.15, 0.2) is 34.9 Å². The number of carbonyl (C=O) groups excluding carboxylic acids is 1. The third-order valence-corrected chi connectivity index (χ3v) is 2.82. The molecule has 2 aromatic rings. The van der Waals surface area contributed by atoms with Crippen molar-refractivity contribution in [2.75, 3.05) is 7.05 Å². The Morgan fingerprint density at radius 1 is 1.37 bits per heavy atom. The monoisotopic (exact) mass is 259 g/mol. The zero-order valence-corrected chi connectivity index (χ0v) is 11.1. The zero-order chi connectivity index (χ0) is 13.8. The van der Waals surface area contributed by atoms with Crippen LogP contribution in [0.4, 0.5) is 0 Å². The maximum absolute atomic E-state index is 12.1. The van der Waals surface area contributed by atoms with Crippen molar-refractivity contribution < 1.29 is 9.21 Å². The lowest BCUT2D eigenvalue weighted by molar-refractivity contribution is 0.0769. The van der Waals surface area contributed by atoms with Gasteiger partial charge in [-0.3, -0.25) is 9.78 Å². The first-order chi connectivity index (χ1) is 9.10. The van der Waals surface area contributed by atoms with Crippen molar-refractivity contribution in [3.8, 4) is 0 Å². The molecule has 0 aromatic carbocycles. The largest absolute Gasteiger partial charge is 0.464 e. The average molecular weight is 259 g/mol. The second-order valence-corrected chi connectivity index (χ2v) is 4.43. The van der Waals surface area contributed by atoms with Crippen molar-refractivity contribution >= 4 is 5.91 Å². The predicted octanol–water partition coefficient (Wildman–Crippen LogP) is 1.71. The molecular formula is C14H17N3O2. The molecule has 1 amide bonds. The van der Waals surface area contributed by atoms with Crippen LogP contribution in [0.1, 0.15) is 27.6 Å². The van der Waals surface area contributed by atoms with Crippen molar-refractivity contribution in [1.82, 2.24) is 9.88 Å². The molecule has 100 valence electrons. The first kappa shape index (κ1) is 13.3. The number of nitrogens with two attached hydrogens (primary N) is 1. The number of rotatable bonds is 4. The Bertz CT molecular complexity index is 560. The highest BCUT2D eigenvalue weighted by Gasteiger charge is 2.14. The van der Waals surface area contributed by atoms with E-state index in [1.54, 1.807) is 24.2 Å². The van der Waals surface area contributed by atoms with E-state index in [0.717, 1.165) is 17.1 Å². The number of aryl methyl sites for hydroxylation is 1. The molecule has 5 nitrogen and oxygen atoms in total. The van der Waals surface area contributed by atoms with Crippen LogP contribution in [-0.4, -0.2) is 22.8 Å². The number of nitrogens with zero attached hydrogens (tertiary/aromatic N) is 2. The Labute approximate surface area is 112 Å². The molecule has 2 rings (SSSR count). The number of hydrogen-bond donors (Lipinski definition) is 1. The van der Waals surface area contributed by atoms with E-state index in [-0.39, 0.29) is 5.91 Å². The highest BCUT2D eigenvalue weighted by Crippen LogP contribution is 2.10. The van der Waals surface area contributed by atoms with Crippen LogP contribution >= 0.6 is 0 Å².